The molecule has 2 rings (SSSR count). The second kappa shape index (κ2) is 5.36. The van der Waals surface area contributed by atoms with Gasteiger partial charge >= 0.3 is 5.97 Å². The van der Waals surface area contributed by atoms with Crippen LogP contribution in [0.2, 0.25) is 0 Å². The van der Waals surface area contributed by atoms with Crippen LogP contribution in [0.1, 0.15) is 18.9 Å². The van der Waals surface area contributed by atoms with Gasteiger partial charge in [0.1, 0.15) is 0 Å². The summed E-state index contributed by atoms with van der Waals surface area (Å²) in [7, 11) is 0. The molecule has 1 aromatic rings. The number of carboxylic acids is 1. The first-order valence-electron chi connectivity index (χ1n) is 5.22. The molecule has 1 fully saturated rings. The summed E-state index contributed by atoms with van der Waals surface area (Å²) in [5.74, 6) is -0.758. The van der Waals surface area contributed by atoms with E-state index in [0.29, 0.717) is 6.04 Å². The van der Waals surface area contributed by atoms with Gasteiger partial charge in [0, 0.05) is 31.6 Å². The summed E-state index contributed by atoms with van der Waals surface area (Å²) in [4.78, 5) is 14.7. The number of aromatic nitrogens is 2. The van der Waals surface area contributed by atoms with Gasteiger partial charge in [-0.05, 0) is 12.8 Å². The van der Waals surface area contributed by atoms with Gasteiger partial charge in [-0.3, -0.25) is 4.79 Å². The maximum Gasteiger partial charge on any atom is 0.313 e. The number of aliphatic carboxylic acids is 1. The van der Waals surface area contributed by atoms with E-state index in [1.807, 2.05) is 6.20 Å². The molecular formula is C10H14N2O3S. The molecule has 0 aromatic carbocycles. The van der Waals surface area contributed by atoms with E-state index >= 15 is 0 Å². The zero-order valence-corrected chi connectivity index (χ0v) is 9.65. The van der Waals surface area contributed by atoms with E-state index in [1.165, 1.54) is 11.8 Å². The number of imidazole rings is 1. The lowest BCUT2D eigenvalue weighted by atomic mass is 10.1. The van der Waals surface area contributed by atoms with Crippen LogP contribution in [0, 0.1) is 0 Å². The molecule has 0 radical (unpaired) electrons. The Labute approximate surface area is 97.8 Å². The Morgan fingerprint density at radius 2 is 2.38 bits per heavy atom. The van der Waals surface area contributed by atoms with E-state index < -0.39 is 5.97 Å². The fourth-order valence-electron chi connectivity index (χ4n) is 1.78. The zero-order valence-electron chi connectivity index (χ0n) is 8.83. The van der Waals surface area contributed by atoms with Gasteiger partial charge in [0.15, 0.2) is 5.16 Å². The summed E-state index contributed by atoms with van der Waals surface area (Å²) in [6.45, 7) is 1.54. The van der Waals surface area contributed by atoms with Crippen molar-refractivity contribution in [1.29, 1.82) is 0 Å². The Morgan fingerprint density at radius 3 is 3.06 bits per heavy atom. The van der Waals surface area contributed by atoms with Gasteiger partial charge in [-0.25, -0.2) is 4.98 Å². The van der Waals surface area contributed by atoms with Crippen LogP contribution < -0.4 is 0 Å². The summed E-state index contributed by atoms with van der Waals surface area (Å²) >= 11 is 1.27. The molecule has 2 heterocycles. The highest BCUT2D eigenvalue weighted by molar-refractivity contribution is 7.99. The lowest BCUT2D eigenvalue weighted by Gasteiger charge is -2.24. The predicted octanol–water partition coefficient (Wildman–Crippen LogP) is 1.41. The van der Waals surface area contributed by atoms with Gasteiger partial charge in [-0.2, -0.15) is 0 Å². The summed E-state index contributed by atoms with van der Waals surface area (Å²) in [5, 5.41) is 9.42. The highest BCUT2D eigenvalue weighted by Crippen LogP contribution is 2.26. The van der Waals surface area contributed by atoms with Gasteiger partial charge in [-0.15, -0.1) is 0 Å². The van der Waals surface area contributed by atoms with Crippen molar-refractivity contribution in [3.8, 4) is 0 Å². The second-order valence-corrected chi connectivity index (χ2v) is 4.59. The van der Waals surface area contributed by atoms with Crippen molar-refractivity contribution in [2.24, 2.45) is 0 Å². The molecule has 0 atom stereocenters. The number of carboxylic acid groups (broad SMARTS) is 1. The van der Waals surface area contributed by atoms with Crippen LogP contribution in [0.15, 0.2) is 17.6 Å². The molecule has 88 valence electrons. The summed E-state index contributed by atoms with van der Waals surface area (Å²) in [6, 6.07) is 0.396. The summed E-state index contributed by atoms with van der Waals surface area (Å²) < 4.78 is 7.37. The van der Waals surface area contributed by atoms with Crippen molar-refractivity contribution in [3.05, 3.63) is 12.4 Å². The van der Waals surface area contributed by atoms with Crippen molar-refractivity contribution in [2.75, 3.05) is 19.0 Å². The predicted molar refractivity (Wildman–Crippen MR) is 59.7 cm³/mol. The van der Waals surface area contributed by atoms with Crippen molar-refractivity contribution >= 4 is 17.7 Å². The number of rotatable bonds is 4. The van der Waals surface area contributed by atoms with E-state index in [0.717, 1.165) is 31.2 Å². The van der Waals surface area contributed by atoms with Crippen LogP contribution in [0.5, 0.6) is 0 Å². The fraction of sp³-hybridized carbons (Fsp3) is 0.600. The van der Waals surface area contributed by atoms with Crippen LogP contribution in [0.4, 0.5) is 0 Å². The molecular weight excluding hydrogens is 228 g/mol. The summed E-state index contributed by atoms with van der Waals surface area (Å²) in [5.41, 5.74) is 0. The maximum absolute atomic E-state index is 10.5. The number of nitrogens with zero attached hydrogens (tertiary/aromatic N) is 2. The van der Waals surface area contributed by atoms with E-state index in [9.17, 15) is 4.79 Å². The first kappa shape index (κ1) is 11.5. The first-order chi connectivity index (χ1) is 7.77. The average Bonchev–Trinajstić information content (AvgIpc) is 2.75. The van der Waals surface area contributed by atoms with Crippen LogP contribution in [-0.2, 0) is 9.53 Å². The molecule has 0 aliphatic carbocycles. The fourth-order valence-corrected chi connectivity index (χ4v) is 2.53. The summed E-state index contributed by atoms with van der Waals surface area (Å²) in [6.07, 6.45) is 5.58. The van der Waals surface area contributed by atoms with Crippen LogP contribution in [0.3, 0.4) is 0 Å². The minimum Gasteiger partial charge on any atom is -0.481 e. The third-order valence-electron chi connectivity index (χ3n) is 2.54. The van der Waals surface area contributed by atoms with Gasteiger partial charge < -0.3 is 14.4 Å². The number of carbonyl (C=O) groups is 1. The number of hydrogen-bond acceptors (Lipinski definition) is 4. The molecule has 1 aliphatic rings. The lowest BCUT2D eigenvalue weighted by molar-refractivity contribution is -0.133. The quantitative estimate of drug-likeness (QED) is 0.809. The molecule has 1 aromatic heterocycles. The number of thioether (sulfide) groups is 1. The Balaban J connectivity index is 2.02. The molecule has 5 nitrogen and oxygen atoms in total. The number of hydrogen-bond donors (Lipinski definition) is 1. The van der Waals surface area contributed by atoms with Gasteiger partial charge in [0.2, 0.25) is 0 Å². The van der Waals surface area contributed by atoms with Crippen LogP contribution in [0.25, 0.3) is 0 Å². The van der Waals surface area contributed by atoms with Gasteiger partial charge in [0.25, 0.3) is 0 Å². The van der Waals surface area contributed by atoms with Gasteiger partial charge in [-0.1, -0.05) is 11.8 Å². The molecule has 0 amide bonds. The Hall–Kier alpha value is -1.01. The molecule has 1 N–H and O–H groups in total. The maximum atomic E-state index is 10.5. The van der Waals surface area contributed by atoms with E-state index in [2.05, 4.69) is 9.55 Å². The van der Waals surface area contributed by atoms with E-state index in [1.54, 1.807) is 6.20 Å². The highest BCUT2D eigenvalue weighted by Gasteiger charge is 2.18. The Kier molecular flexibility index (Phi) is 3.84. The Bertz CT molecular complexity index is 361. The molecule has 6 heteroatoms. The molecule has 16 heavy (non-hydrogen) atoms. The normalized spacial score (nSPS) is 17.5. The van der Waals surface area contributed by atoms with Gasteiger partial charge in [0.05, 0.1) is 5.75 Å². The van der Waals surface area contributed by atoms with Crippen molar-refractivity contribution in [2.45, 2.75) is 24.0 Å². The average molecular weight is 242 g/mol. The van der Waals surface area contributed by atoms with Crippen LogP contribution in [-0.4, -0.2) is 39.6 Å². The third-order valence-corrected chi connectivity index (χ3v) is 3.51. The molecule has 0 saturated carbocycles. The lowest BCUT2D eigenvalue weighted by Crippen LogP contribution is -2.19. The molecule has 1 saturated heterocycles. The largest absolute Gasteiger partial charge is 0.481 e. The molecule has 0 spiro atoms. The molecule has 0 unspecified atom stereocenters. The van der Waals surface area contributed by atoms with E-state index in [4.69, 9.17) is 9.84 Å². The van der Waals surface area contributed by atoms with Crippen molar-refractivity contribution in [1.82, 2.24) is 9.55 Å². The molecule has 0 bridgehead atoms. The molecule has 1 aliphatic heterocycles. The number of ether oxygens (including phenoxy) is 1. The third kappa shape index (κ3) is 2.76. The standard InChI is InChI=1S/C10H14N2O3S/c13-9(14)7-16-10-11-3-4-12(10)8-1-5-15-6-2-8/h3-4,8H,1-2,5-7H2,(H,13,14). The SMILES string of the molecule is O=C(O)CSc1nccn1C1CCOCC1. The zero-order chi connectivity index (χ0) is 11.4. The van der Waals surface area contributed by atoms with Crippen molar-refractivity contribution in [3.63, 3.8) is 0 Å². The minimum absolute atomic E-state index is 0.0558. The Morgan fingerprint density at radius 1 is 1.62 bits per heavy atom. The topological polar surface area (TPSA) is 64.3 Å². The van der Waals surface area contributed by atoms with Crippen molar-refractivity contribution < 1.29 is 14.6 Å². The van der Waals surface area contributed by atoms with Crippen LogP contribution >= 0.6 is 11.8 Å². The monoisotopic (exact) mass is 242 g/mol. The van der Waals surface area contributed by atoms with E-state index in [-0.39, 0.29) is 5.75 Å². The minimum atomic E-state index is -0.813. The highest BCUT2D eigenvalue weighted by atomic mass is 32.2. The smallest absolute Gasteiger partial charge is 0.313 e. The second-order valence-electron chi connectivity index (χ2n) is 3.64. The first-order valence-corrected chi connectivity index (χ1v) is 6.21.